The van der Waals surface area contributed by atoms with Crippen molar-refractivity contribution < 1.29 is 55.1 Å². The molecule has 0 amide bonds. The average Bonchev–Trinajstić information content (AvgIpc) is 3.06. The van der Waals surface area contributed by atoms with Gasteiger partial charge in [0.25, 0.3) is 20.2 Å². The fourth-order valence-electron chi connectivity index (χ4n) is 4.21. The molecular formula is C32H42N4O12S2. The van der Waals surface area contributed by atoms with E-state index in [9.17, 15) is 27.0 Å². The predicted octanol–water partition coefficient (Wildman–Crippen LogP) is 3.84. The minimum Gasteiger partial charge on any atom is -0.502 e. The van der Waals surface area contributed by atoms with Gasteiger partial charge in [0.1, 0.15) is 0 Å². The van der Waals surface area contributed by atoms with Crippen molar-refractivity contribution in [2.24, 2.45) is 0 Å². The number of ether oxygens (including phenoxy) is 4. The Balaban J connectivity index is 0.000000761. The number of phenols is 2. The van der Waals surface area contributed by atoms with Gasteiger partial charge >= 0.3 is 0 Å². The van der Waals surface area contributed by atoms with Gasteiger partial charge in [0.05, 0.1) is 76.1 Å². The van der Waals surface area contributed by atoms with E-state index in [-0.39, 0.29) is 11.5 Å². The minimum atomic E-state index is -3.67. The summed E-state index contributed by atoms with van der Waals surface area (Å²) < 4.78 is 72.8. The molecule has 0 atom stereocenters. The van der Waals surface area contributed by atoms with Gasteiger partial charge in [0.15, 0.2) is 23.0 Å². The van der Waals surface area contributed by atoms with Crippen LogP contribution in [0.25, 0.3) is 22.5 Å². The lowest BCUT2D eigenvalue weighted by molar-refractivity contribution is 0.340. The molecule has 0 fully saturated rings. The predicted molar refractivity (Wildman–Crippen MR) is 190 cm³/mol. The normalized spacial score (nSPS) is 10.8. The third-order valence-corrected chi connectivity index (χ3v) is 6.70. The van der Waals surface area contributed by atoms with Crippen molar-refractivity contribution in [3.63, 3.8) is 0 Å². The molecule has 50 heavy (non-hydrogen) atoms. The van der Waals surface area contributed by atoms with Gasteiger partial charge < -0.3 is 39.0 Å². The van der Waals surface area contributed by atoms with E-state index in [0.29, 0.717) is 35.5 Å². The summed E-state index contributed by atoms with van der Waals surface area (Å²) in [5, 5.41) is 20.3. The molecule has 4 rings (SSSR count). The fourth-order valence-corrected chi connectivity index (χ4v) is 4.21. The SMILES string of the molecule is COc1cc(-c2ccc(N(C)CCN(C)c3ccc(-c4cc(OC)c(O)c(OC)c4)nc3)cn2)cc(OC)c1O.CS(=O)(=O)O.CS(=O)(=O)O. The lowest BCUT2D eigenvalue weighted by atomic mass is 10.1. The molecule has 0 spiro atoms. The van der Waals surface area contributed by atoms with Gasteiger partial charge in [0, 0.05) is 38.3 Å². The molecule has 4 N–H and O–H groups in total. The number of aromatic nitrogens is 2. The van der Waals surface area contributed by atoms with Gasteiger partial charge in [-0.1, -0.05) is 0 Å². The second-order valence-corrected chi connectivity index (χ2v) is 13.5. The Bertz CT molecular complexity index is 1720. The van der Waals surface area contributed by atoms with Crippen molar-refractivity contribution in [2.45, 2.75) is 0 Å². The van der Waals surface area contributed by atoms with Crippen molar-refractivity contribution in [1.82, 2.24) is 9.97 Å². The molecule has 18 heteroatoms. The maximum Gasteiger partial charge on any atom is 0.261 e. The van der Waals surface area contributed by atoms with Crippen molar-refractivity contribution in [3.05, 3.63) is 60.9 Å². The highest BCUT2D eigenvalue weighted by atomic mass is 32.2. The summed E-state index contributed by atoms with van der Waals surface area (Å²) in [4.78, 5) is 13.5. The number of anilines is 2. The number of pyridine rings is 2. The minimum absolute atomic E-state index is 0.0418. The lowest BCUT2D eigenvalue weighted by Crippen LogP contribution is -2.30. The van der Waals surface area contributed by atoms with E-state index >= 15 is 0 Å². The molecule has 2 aromatic heterocycles. The summed E-state index contributed by atoms with van der Waals surface area (Å²) in [6.45, 7) is 1.51. The number of rotatable bonds is 11. The second-order valence-electron chi connectivity index (χ2n) is 10.6. The number of nitrogens with zero attached hydrogens (tertiary/aromatic N) is 4. The molecule has 0 aliphatic heterocycles. The molecule has 0 unspecified atom stereocenters. The molecule has 0 aliphatic carbocycles. The number of methoxy groups -OCH3 is 4. The summed E-state index contributed by atoms with van der Waals surface area (Å²) in [5.74, 6) is 1.21. The topological polar surface area (TPSA) is 218 Å². The molecule has 274 valence electrons. The van der Waals surface area contributed by atoms with Crippen LogP contribution in [0.15, 0.2) is 60.9 Å². The third-order valence-electron chi connectivity index (χ3n) is 6.70. The standard InChI is InChI=1S/C30H34N4O6.2CH4O3S/c1-33(21-7-9-23(31-17-21)19-13-25(37-3)29(35)26(14-19)38-4)11-12-34(2)22-8-10-24(32-18-22)20-15-27(39-5)30(36)28(16-20)40-6;2*1-5(2,3)4/h7-10,13-18,35-36H,11-12H2,1-6H3;2*1H3,(H,2,3,4). The monoisotopic (exact) mass is 738 g/mol. The van der Waals surface area contributed by atoms with E-state index in [0.717, 1.165) is 47.0 Å². The van der Waals surface area contributed by atoms with Gasteiger partial charge in [-0.2, -0.15) is 16.8 Å². The van der Waals surface area contributed by atoms with Crippen LogP contribution in [0.4, 0.5) is 11.4 Å². The molecule has 0 saturated heterocycles. The maximum absolute atomic E-state index is 10.2. The summed E-state index contributed by atoms with van der Waals surface area (Å²) >= 11 is 0. The van der Waals surface area contributed by atoms with Crippen LogP contribution in [0.3, 0.4) is 0 Å². The molecule has 2 heterocycles. The van der Waals surface area contributed by atoms with Crippen LogP contribution in [-0.2, 0) is 20.2 Å². The Morgan fingerprint density at radius 2 is 0.840 bits per heavy atom. The first-order chi connectivity index (χ1) is 23.3. The van der Waals surface area contributed by atoms with Gasteiger partial charge in [-0.05, 0) is 48.5 Å². The van der Waals surface area contributed by atoms with Crippen LogP contribution in [0.5, 0.6) is 34.5 Å². The van der Waals surface area contributed by atoms with Gasteiger partial charge in [-0.25, -0.2) is 0 Å². The van der Waals surface area contributed by atoms with Crippen LogP contribution in [0, 0.1) is 0 Å². The fraction of sp³-hybridized carbons (Fsp3) is 0.312. The zero-order valence-electron chi connectivity index (χ0n) is 28.8. The maximum atomic E-state index is 10.2. The van der Waals surface area contributed by atoms with E-state index in [1.54, 1.807) is 24.3 Å². The van der Waals surface area contributed by atoms with Crippen LogP contribution in [-0.4, -0.2) is 114 Å². The van der Waals surface area contributed by atoms with Crippen molar-refractivity contribution in [2.75, 3.05) is 77.9 Å². The van der Waals surface area contributed by atoms with Gasteiger partial charge in [-0.15, -0.1) is 0 Å². The zero-order valence-corrected chi connectivity index (χ0v) is 30.5. The molecular weight excluding hydrogens is 697 g/mol. The number of likely N-dealkylation sites (N-methyl/N-ethyl adjacent to an activating group) is 2. The number of aromatic hydroxyl groups is 2. The lowest BCUT2D eigenvalue weighted by Gasteiger charge is -2.25. The Morgan fingerprint density at radius 3 is 1.04 bits per heavy atom. The van der Waals surface area contributed by atoms with Crippen LogP contribution < -0.4 is 28.7 Å². The number of hydrogen-bond donors (Lipinski definition) is 4. The third kappa shape index (κ3) is 13.1. The van der Waals surface area contributed by atoms with Crippen molar-refractivity contribution >= 4 is 31.6 Å². The Hall–Kier alpha value is -5.04. The van der Waals surface area contributed by atoms with Gasteiger partial charge in [-0.3, -0.25) is 19.1 Å². The Kier molecular flexibility index (Phi) is 14.9. The molecule has 2 aromatic carbocycles. The summed E-state index contributed by atoms with van der Waals surface area (Å²) in [5.41, 5.74) is 4.97. The van der Waals surface area contributed by atoms with Crippen LogP contribution in [0.1, 0.15) is 0 Å². The highest BCUT2D eigenvalue weighted by Gasteiger charge is 2.15. The average molecular weight is 739 g/mol. The first-order valence-electron chi connectivity index (χ1n) is 14.4. The van der Waals surface area contributed by atoms with E-state index < -0.39 is 20.2 Å². The largest absolute Gasteiger partial charge is 0.502 e. The Morgan fingerprint density at radius 1 is 0.580 bits per heavy atom. The van der Waals surface area contributed by atoms with E-state index in [1.807, 2.05) is 50.8 Å². The number of benzene rings is 2. The summed E-state index contributed by atoms with van der Waals surface area (Å²) in [6, 6.07) is 14.8. The highest BCUT2D eigenvalue weighted by molar-refractivity contribution is 7.85. The molecule has 0 radical (unpaired) electrons. The first kappa shape index (κ1) is 41.1. The first-order valence-corrected chi connectivity index (χ1v) is 18.1. The molecule has 0 saturated carbocycles. The second kappa shape index (κ2) is 18.1. The number of phenolic OH excluding ortho intramolecular Hbond substituents is 2. The highest BCUT2D eigenvalue weighted by Crippen LogP contribution is 2.41. The summed E-state index contributed by atoms with van der Waals surface area (Å²) in [6.07, 6.45) is 5.06. The molecule has 16 nitrogen and oxygen atoms in total. The smallest absolute Gasteiger partial charge is 0.261 e. The van der Waals surface area contributed by atoms with E-state index in [2.05, 4.69) is 19.8 Å². The quantitative estimate of drug-likeness (QED) is 0.161. The zero-order chi connectivity index (χ0) is 37.8. The van der Waals surface area contributed by atoms with E-state index in [1.165, 1.54) is 28.4 Å². The Labute approximate surface area is 292 Å². The van der Waals surface area contributed by atoms with Crippen LogP contribution in [0.2, 0.25) is 0 Å². The van der Waals surface area contributed by atoms with Crippen molar-refractivity contribution in [3.8, 4) is 57.0 Å². The molecule has 0 aliphatic rings. The van der Waals surface area contributed by atoms with Crippen molar-refractivity contribution in [1.29, 1.82) is 0 Å². The molecule has 4 aromatic rings. The van der Waals surface area contributed by atoms with E-state index in [4.69, 9.17) is 28.1 Å². The summed E-state index contributed by atoms with van der Waals surface area (Å²) in [7, 11) is 2.69. The number of hydrogen-bond acceptors (Lipinski definition) is 14. The van der Waals surface area contributed by atoms with Gasteiger partial charge in [0.2, 0.25) is 11.5 Å². The van der Waals surface area contributed by atoms with Crippen LogP contribution >= 0.6 is 0 Å². The molecule has 0 bridgehead atoms.